The molecule has 2 heterocycles. The van der Waals surface area contributed by atoms with Crippen molar-refractivity contribution >= 4 is 11.8 Å². The van der Waals surface area contributed by atoms with Crippen LogP contribution in [0.25, 0.3) is 0 Å². The van der Waals surface area contributed by atoms with Crippen LogP contribution in [0.3, 0.4) is 0 Å². The number of nitrogens with zero attached hydrogens (tertiary/aromatic N) is 2. The Kier molecular flexibility index (Phi) is 6.15. The number of hydrogen-bond acceptors (Lipinski definition) is 6. The van der Waals surface area contributed by atoms with E-state index in [1.165, 1.54) is 0 Å². The Labute approximate surface area is 175 Å². The molecule has 0 unspecified atom stereocenters. The molecule has 8 heteroatoms. The summed E-state index contributed by atoms with van der Waals surface area (Å²) < 4.78 is 10.8. The van der Waals surface area contributed by atoms with Crippen molar-refractivity contribution in [3.63, 3.8) is 0 Å². The first-order valence-corrected chi connectivity index (χ1v) is 10.0. The molecule has 1 atom stereocenters. The molecule has 30 heavy (non-hydrogen) atoms. The molecule has 0 bridgehead atoms. The third kappa shape index (κ3) is 4.55. The molecule has 2 aliphatic heterocycles. The number of hydrogen-bond donors (Lipinski definition) is 2. The van der Waals surface area contributed by atoms with E-state index in [1.807, 2.05) is 24.3 Å². The maximum absolute atomic E-state index is 12.8. The Morgan fingerprint density at radius 1 is 1.00 bits per heavy atom. The number of carbonyl (C=O) groups is 2. The van der Waals surface area contributed by atoms with Gasteiger partial charge in [-0.05, 0) is 29.8 Å². The third-order valence-corrected chi connectivity index (χ3v) is 5.35. The van der Waals surface area contributed by atoms with Crippen LogP contribution in [0.15, 0.2) is 48.5 Å². The molecule has 0 saturated carbocycles. The number of aliphatic hydroxyl groups excluding tert-OH is 1. The number of ether oxygens (including phenoxy) is 2. The minimum Gasteiger partial charge on any atom is -0.454 e. The highest BCUT2D eigenvalue weighted by Crippen LogP contribution is 2.32. The summed E-state index contributed by atoms with van der Waals surface area (Å²) in [6, 6.07) is 13.6. The molecule has 1 saturated heterocycles. The van der Waals surface area contributed by atoms with Crippen molar-refractivity contribution in [1.29, 1.82) is 0 Å². The minimum atomic E-state index is -0.946. The number of benzene rings is 2. The number of nitrogens with one attached hydrogen (secondary N) is 1. The zero-order chi connectivity index (χ0) is 20.9. The first-order chi connectivity index (χ1) is 14.6. The summed E-state index contributed by atoms with van der Waals surface area (Å²) >= 11 is 0. The fourth-order valence-electron chi connectivity index (χ4n) is 3.66. The van der Waals surface area contributed by atoms with Crippen molar-refractivity contribution in [2.24, 2.45) is 0 Å². The lowest BCUT2D eigenvalue weighted by Gasteiger charge is -2.36. The van der Waals surface area contributed by atoms with Crippen molar-refractivity contribution in [2.75, 3.05) is 39.6 Å². The van der Waals surface area contributed by atoms with Gasteiger partial charge in [0.25, 0.3) is 5.91 Å². The Bertz CT molecular complexity index is 897. The second-order valence-electron chi connectivity index (χ2n) is 7.36. The number of fused-ring (bicyclic) bond motifs is 1. The molecule has 158 valence electrons. The van der Waals surface area contributed by atoms with Crippen molar-refractivity contribution in [1.82, 2.24) is 15.1 Å². The highest BCUT2D eigenvalue weighted by molar-refractivity contribution is 5.97. The molecule has 2 aromatic carbocycles. The second-order valence-corrected chi connectivity index (χ2v) is 7.36. The zero-order valence-electron chi connectivity index (χ0n) is 16.6. The average molecular weight is 411 g/mol. The Morgan fingerprint density at radius 3 is 2.47 bits per heavy atom. The van der Waals surface area contributed by atoms with Gasteiger partial charge >= 0.3 is 0 Å². The largest absolute Gasteiger partial charge is 0.454 e. The molecule has 1 fully saturated rings. The quantitative estimate of drug-likeness (QED) is 0.733. The van der Waals surface area contributed by atoms with Gasteiger partial charge in [-0.2, -0.15) is 0 Å². The molecule has 2 N–H and O–H groups in total. The summed E-state index contributed by atoms with van der Waals surface area (Å²) in [5, 5.41) is 12.3. The van der Waals surface area contributed by atoms with Crippen molar-refractivity contribution in [3.05, 3.63) is 59.7 Å². The summed E-state index contributed by atoms with van der Waals surface area (Å²) in [6.07, 6.45) is 0. The molecule has 0 aliphatic carbocycles. The van der Waals surface area contributed by atoms with Gasteiger partial charge in [0.2, 0.25) is 12.7 Å². The predicted molar refractivity (Wildman–Crippen MR) is 109 cm³/mol. The fraction of sp³-hybridized carbons (Fsp3) is 0.364. The van der Waals surface area contributed by atoms with E-state index >= 15 is 0 Å². The van der Waals surface area contributed by atoms with Crippen molar-refractivity contribution < 1.29 is 24.2 Å². The van der Waals surface area contributed by atoms with E-state index < -0.39 is 12.6 Å². The van der Waals surface area contributed by atoms with Gasteiger partial charge in [-0.1, -0.05) is 24.3 Å². The molecular formula is C22H25N3O5. The van der Waals surface area contributed by atoms with Crippen molar-refractivity contribution in [3.8, 4) is 11.5 Å². The van der Waals surface area contributed by atoms with Gasteiger partial charge in [0, 0.05) is 38.3 Å². The van der Waals surface area contributed by atoms with Gasteiger partial charge in [-0.25, -0.2) is 0 Å². The molecular weight excluding hydrogens is 386 g/mol. The van der Waals surface area contributed by atoms with E-state index in [9.17, 15) is 14.7 Å². The normalized spacial score (nSPS) is 16.9. The van der Waals surface area contributed by atoms with Crippen LogP contribution in [-0.4, -0.2) is 72.3 Å². The number of carbonyl (C=O) groups excluding carboxylic acids is 2. The van der Waals surface area contributed by atoms with E-state index in [0.717, 1.165) is 23.6 Å². The van der Waals surface area contributed by atoms with E-state index in [-0.39, 0.29) is 18.6 Å². The Balaban J connectivity index is 1.29. The van der Waals surface area contributed by atoms with Crippen LogP contribution in [0, 0.1) is 0 Å². The highest BCUT2D eigenvalue weighted by atomic mass is 16.7. The molecule has 4 rings (SSSR count). The van der Waals surface area contributed by atoms with Gasteiger partial charge < -0.3 is 24.8 Å². The van der Waals surface area contributed by atoms with E-state index in [0.29, 0.717) is 31.7 Å². The minimum absolute atomic E-state index is 0.256. The molecule has 8 nitrogen and oxygen atoms in total. The topological polar surface area (TPSA) is 91.3 Å². The third-order valence-electron chi connectivity index (χ3n) is 5.35. The van der Waals surface area contributed by atoms with E-state index in [2.05, 4.69) is 10.2 Å². The maximum atomic E-state index is 12.8. The maximum Gasteiger partial charge on any atom is 0.251 e. The lowest BCUT2D eigenvalue weighted by atomic mass is 10.1. The first kappa shape index (κ1) is 20.2. The number of aliphatic hydroxyl groups is 1. The average Bonchev–Trinajstić information content (AvgIpc) is 3.26. The van der Waals surface area contributed by atoms with E-state index in [1.54, 1.807) is 29.2 Å². The standard InChI is InChI=1S/C22H25N3O5/c26-14-18(23-21(27)17-4-2-1-3-5-17)22(28)25-10-8-24(9-11-25)13-16-6-7-19-20(12-16)30-15-29-19/h1-7,12,18,26H,8-11,13-15H2,(H,23,27)/t18-/m0/s1. The summed E-state index contributed by atoms with van der Waals surface area (Å²) in [6.45, 7) is 3.09. The van der Waals surface area contributed by atoms with Gasteiger partial charge in [-0.15, -0.1) is 0 Å². The smallest absolute Gasteiger partial charge is 0.251 e. The monoisotopic (exact) mass is 411 g/mol. The predicted octanol–water partition coefficient (Wildman–Crippen LogP) is 0.850. The van der Waals surface area contributed by atoms with Crippen LogP contribution in [0.2, 0.25) is 0 Å². The summed E-state index contributed by atoms with van der Waals surface area (Å²) in [7, 11) is 0. The van der Waals surface area contributed by atoms with Gasteiger partial charge in [0.15, 0.2) is 11.5 Å². The van der Waals surface area contributed by atoms with Crippen LogP contribution in [-0.2, 0) is 11.3 Å². The molecule has 0 aromatic heterocycles. The first-order valence-electron chi connectivity index (χ1n) is 10.0. The van der Waals surface area contributed by atoms with Crippen LogP contribution in [0.4, 0.5) is 0 Å². The van der Waals surface area contributed by atoms with Crippen LogP contribution >= 0.6 is 0 Å². The van der Waals surface area contributed by atoms with Gasteiger partial charge in [-0.3, -0.25) is 14.5 Å². The SMILES string of the molecule is O=C(N[C@@H](CO)C(=O)N1CCN(Cc2ccc3c(c2)OCO3)CC1)c1ccccc1. The molecule has 2 aromatic rings. The van der Waals surface area contributed by atoms with Crippen LogP contribution < -0.4 is 14.8 Å². The lowest BCUT2D eigenvalue weighted by molar-refractivity contribution is -0.136. The zero-order valence-corrected chi connectivity index (χ0v) is 16.6. The highest BCUT2D eigenvalue weighted by Gasteiger charge is 2.28. The molecule has 0 spiro atoms. The summed E-state index contributed by atoms with van der Waals surface area (Å²) in [5.41, 5.74) is 1.58. The summed E-state index contributed by atoms with van der Waals surface area (Å²) in [5.74, 6) is 0.900. The molecule has 2 amide bonds. The summed E-state index contributed by atoms with van der Waals surface area (Å²) in [4.78, 5) is 29.1. The van der Waals surface area contributed by atoms with E-state index in [4.69, 9.17) is 9.47 Å². The second kappa shape index (κ2) is 9.15. The number of amides is 2. The molecule has 0 radical (unpaired) electrons. The van der Waals surface area contributed by atoms with Crippen molar-refractivity contribution in [2.45, 2.75) is 12.6 Å². The number of rotatable bonds is 6. The van der Waals surface area contributed by atoms with Gasteiger partial charge in [0.1, 0.15) is 6.04 Å². The lowest BCUT2D eigenvalue weighted by Crippen LogP contribution is -2.55. The molecule has 2 aliphatic rings. The number of piperazine rings is 1. The fourth-order valence-corrected chi connectivity index (χ4v) is 3.66. The van der Waals surface area contributed by atoms with Crippen LogP contribution in [0.5, 0.6) is 11.5 Å². The van der Waals surface area contributed by atoms with Gasteiger partial charge in [0.05, 0.1) is 6.61 Å². The Hall–Kier alpha value is -3.10. The Morgan fingerprint density at radius 2 is 1.73 bits per heavy atom. The van der Waals surface area contributed by atoms with Crippen LogP contribution in [0.1, 0.15) is 15.9 Å².